The molecule has 0 aliphatic heterocycles. The van der Waals surface area contributed by atoms with E-state index in [1.54, 1.807) is 10.9 Å². The zero-order valence-corrected chi connectivity index (χ0v) is 11.7. The third-order valence-corrected chi connectivity index (χ3v) is 3.20. The van der Waals surface area contributed by atoms with Gasteiger partial charge in [-0.15, -0.1) is 0 Å². The molecule has 1 rings (SSSR count). The molecule has 0 aliphatic carbocycles. The maximum Gasteiger partial charge on any atom is 0.224 e. The van der Waals surface area contributed by atoms with Crippen molar-refractivity contribution >= 4 is 5.91 Å². The maximum absolute atomic E-state index is 12.0. The molecule has 0 spiro atoms. The van der Waals surface area contributed by atoms with Crippen molar-refractivity contribution in [3.05, 3.63) is 17.5 Å². The van der Waals surface area contributed by atoms with Crippen LogP contribution in [0.5, 0.6) is 0 Å². The lowest BCUT2D eigenvalue weighted by atomic mass is 9.96. The quantitative estimate of drug-likeness (QED) is 0.792. The molecule has 5 heteroatoms. The fraction of sp³-hybridized carbons (Fsp3) is 0.692. The monoisotopic (exact) mass is 252 g/mol. The molecular weight excluding hydrogens is 228 g/mol. The van der Waals surface area contributed by atoms with Gasteiger partial charge < -0.3 is 11.1 Å². The molecule has 0 aliphatic rings. The Balaban J connectivity index is 2.52. The van der Waals surface area contributed by atoms with Gasteiger partial charge in [-0.25, -0.2) is 0 Å². The summed E-state index contributed by atoms with van der Waals surface area (Å²) in [5.41, 5.74) is 7.77. The fourth-order valence-corrected chi connectivity index (χ4v) is 1.92. The van der Waals surface area contributed by atoms with Crippen molar-refractivity contribution < 1.29 is 4.79 Å². The van der Waals surface area contributed by atoms with E-state index >= 15 is 0 Å². The Labute approximate surface area is 109 Å². The normalized spacial score (nSPS) is 12.8. The molecule has 1 amide bonds. The van der Waals surface area contributed by atoms with Crippen LogP contribution >= 0.6 is 0 Å². The predicted molar refractivity (Wildman–Crippen MR) is 71.8 cm³/mol. The van der Waals surface area contributed by atoms with Gasteiger partial charge in [0, 0.05) is 31.4 Å². The third-order valence-electron chi connectivity index (χ3n) is 3.20. The first kappa shape index (κ1) is 14.7. The molecule has 0 bridgehead atoms. The second-order valence-corrected chi connectivity index (χ2v) is 5.16. The molecule has 1 atom stereocenters. The van der Waals surface area contributed by atoms with Gasteiger partial charge in [-0.05, 0) is 19.3 Å². The Kier molecular flexibility index (Phi) is 5.34. The average molecular weight is 252 g/mol. The average Bonchev–Trinajstić information content (AvgIpc) is 2.64. The van der Waals surface area contributed by atoms with Crippen molar-refractivity contribution in [2.24, 2.45) is 24.6 Å². The van der Waals surface area contributed by atoms with Crippen LogP contribution in [0.4, 0.5) is 0 Å². The topological polar surface area (TPSA) is 72.9 Å². The van der Waals surface area contributed by atoms with Crippen molar-refractivity contribution in [3.8, 4) is 0 Å². The Morgan fingerprint density at radius 2 is 2.22 bits per heavy atom. The van der Waals surface area contributed by atoms with Crippen molar-refractivity contribution in [2.75, 3.05) is 6.54 Å². The highest BCUT2D eigenvalue weighted by Gasteiger charge is 2.18. The molecule has 1 heterocycles. The highest BCUT2D eigenvalue weighted by Crippen LogP contribution is 2.11. The van der Waals surface area contributed by atoms with Gasteiger partial charge in [0.25, 0.3) is 0 Å². The van der Waals surface area contributed by atoms with Gasteiger partial charge >= 0.3 is 0 Å². The number of hydrogen-bond donors (Lipinski definition) is 2. The number of nitrogens with one attached hydrogen (secondary N) is 1. The number of amides is 1. The van der Waals surface area contributed by atoms with E-state index in [1.807, 2.05) is 14.0 Å². The van der Waals surface area contributed by atoms with E-state index in [0.29, 0.717) is 19.0 Å². The van der Waals surface area contributed by atoms with Crippen LogP contribution in [-0.4, -0.2) is 22.2 Å². The molecule has 0 radical (unpaired) electrons. The first-order chi connectivity index (χ1) is 8.45. The van der Waals surface area contributed by atoms with E-state index in [0.717, 1.165) is 17.7 Å². The molecule has 102 valence electrons. The zero-order valence-electron chi connectivity index (χ0n) is 11.7. The molecular formula is C13H24N4O. The highest BCUT2D eigenvalue weighted by molar-refractivity contribution is 5.78. The largest absolute Gasteiger partial charge is 0.352 e. The standard InChI is InChI=1S/C13H24N4O/c1-9(2)5-11(6-14)13(18)15-7-12-8-16-17(4)10(12)3/h8-9,11H,5-7,14H2,1-4H3,(H,15,18). The van der Waals surface area contributed by atoms with Gasteiger partial charge in [-0.2, -0.15) is 5.10 Å². The van der Waals surface area contributed by atoms with E-state index in [-0.39, 0.29) is 11.8 Å². The third kappa shape index (κ3) is 3.84. The number of carbonyl (C=O) groups excluding carboxylic acids is 1. The first-order valence-corrected chi connectivity index (χ1v) is 6.41. The summed E-state index contributed by atoms with van der Waals surface area (Å²) in [5.74, 6) is 0.417. The summed E-state index contributed by atoms with van der Waals surface area (Å²) >= 11 is 0. The van der Waals surface area contributed by atoms with Gasteiger partial charge in [0.2, 0.25) is 5.91 Å². The van der Waals surface area contributed by atoms with Crippen molar-refractivity contribution in [2.45, 2.75) is 33.7 Å². The van der Waals surface area contributed by atoms with E-state index in [2.05, 4.69) is 24.3 Å². The van der Waals surface area contributed by atoms with Crippen LogP contribution in [0.25, 0.3) is 0 Å². The molecule has 0 saturated heterocycles. The van der Waals surface area contributed by atoms with E-state index in [4.69, 9.17) is 5.73 Å². The lowest BCUT2D eigenvalue weighted by Gasteiger charge is -2.16. The molecule has 0 saturated carbocycles. The SMILES string of the molecule is Cc1c(CNC(=O)C(CN)CC(C)C)cnn1C. The van der Waals surface area contributed by atoms with E-state index in [1.165, 1.54) is 0 Å². The van der Waals surface area contributed by atoms with Gasteiger partial charge in [0.15, 0.2) is 0 Å². The van der Waals surface area contributed by atoms with Crippen LogP contribution in [0.3, 0.4) is 0 Å². The minimum atomic E-state index is -0.0954. The summed E-state index contributed by atoms with van der Waals surface area (Å²) in [6.45, 7) is 7.11. The minimum absolute atomic E-state index is 0.0365. The summed E-state index contributed by atoms with van der Waals surface area (Å²) in [6, 6.07) is 0. The molecule has 5 nitrogen and oxygen atoms in total. The Bertz CT molecular complexity index is 398. The smallest absolute Gasteiger partial charge is 0.224 e. The highest BCUT2D eigenvalue weighted by atomic mass is 16.1. The minimum Gasteiger partial charge on any atom is -0.352 e. The first-order valence-electron chi connectivity index (χ1n) is 6.41. The van der Waals surface area contributed by atoms with Crippen LogP contribution in [0.1, 0.15) is 31.5 Å². The Morgan fingerprint density at radius 3 is 2.67 bits per heavy atom. The molecule has 0 aromatic carbocycles. The number of aryl methyl sites for hydroxylation is 1. The fourth-order valence-electron chi connectivity index (χ4n) is 1.92. The second kappa shape index (κ2) is 6.54. The summed E-state index contributed by atoms with van der Waals surface area (Å²) in [4.78, 5) is 12.0. The van der Waals surface area contributed by atoms with Gasteiger partial charge in [0.1, 0.15) is 0 Å². The number of nitrogens with two attached hydrogens (primary N) is 1. The van der Waals surface area contributed by atoms with Gasteiger partial charge in [-0.3, -0.25) is 9.48 Å². The van der Waals surface area contributed by atoms with Gasteiger partial charge in [0.05, 0.1) is 12.1 Å². The number of nitrogens with zero attached hydrogens (tertiary/aromatic N) is 2. The van der Waals surface area contributed by atoms with Crippen molar-refractivity contribution in [1.29, 1.82) is 0 Å². The molecule has 1 aromatic rings. The van der Waals surface area contributed by atoms with Crippen LogP contribution in [-0.2, 0) is 18.4 Å². The Hall–Kier alpha value is -1.36. The lowest BCUT2D eigenvalue weighted by Crippen LogP contribution is -2.35. The second-order valence-electron chi connectivity index (χ2n) is 5.16. The summed E-state index contributed by atoms with van der Waals surface area (Å²) in [7, 11) is 1.89. The zero-order chi connectivity index (χ0) is 13.7. The lowest BCUT2D eigenvalue weighted by molar-refractivity contribution is -0.125. The molecule has 3 N–H and O–H groups in total. The summed E-state index contributed by atoms with van der Waals surface area (Å²) in [6.07, 6.45) is 2.61. The number of carbonyl (C=O) groups is 1. The molecule has 18 heavy (non-hydrogen) atoms. The summed E-state index contributed by atoms with van der Waals surface area (Å²) in [5, 5.41) is 7.09. The van der Waals surface area contributed by atoms with Crippen LogP contribution in [0.15, 0.2) is 6.20 Å². The van der Waals surface area contributed by atoms with Crippen molar-refractivity contribution in [1.82, 2.24) is 15.1 Å². The molecule has 1 unspecified atom stereocenters. The molecule has 0 fully saturated rings. The van der Waals surface area contributed by atoms with Crippen molar-refractivity contribution in [3.63, 3.8) is 0 Å². The van der Waals surface area contributed by atoms with E-state index in [9.17, 15) is 4.79 Å². The van der Waals surface area contributed by atoms with Crippen LogP contribution in [0, 0.1) is 18.8 Å². The number of hydrogen-bond acceptors (Lipinski definition) is 3. The summed E-state index contributed by atoms with van der Waals surface area (Å²) < 4.78 is 1.80. The molecule has 1 aromatic heterocycles. The van der Waals surface area contributed by atoms with Crippen LogP contribution in [0.2, 0.25) is 0 Å². The predicted octanol–water partition coefficient (Wildman–Crippen LogP) is 0.966. The Morgan fingerprint density at radius 1 is 1.56 bits per heavy atom. The maximum atomic E-state index is 12.0. The van der Waals surface area contributed by atoms with Gasteiger partial charge in [-0.1, -0.05) is 13.8 Å². The van der Waals surface area contributed by atoms with Crippen LogP contribution < -0.4 is 11.1 Å². The number of aromatic nitrogens is 2. The number of rotatable bonds is 6. The van der Waals surface area contributed by atoms with E-state index < -0.39 is 0 Å².